The van der Waals surface area contributed by atoms with Crippen LogP contribution in [0.2, 0.25) is 0 Å². The van der Waals surface area contributed by atoms with Gasteiger partial charge in [0.15, 0.2) is 0 Å². The third kappa shape index (κ3) is 3770. The molecule has 0 aromatic carbocycles. The van der Waals surface area contributed by atoms with Crippen LogP contribution in [0.25, 0.3) is 0 Å². The molecule has 2 N–H and O–H groups in total. The van der Waals surface area contributed by atoms with Crippen LogP contribution >= 0.6 is 0 Å². The summed E-state index contributed by atoms with van der Waals surface area (Å²) in [5.74, 6) is -0.583. The number of hydrogen-bond acceptors (Lipinski definition) is 1. The normalized spacial score (nSPS) is 4.80. The van der Waals surface area contributed by atoms with Crippen LogP contribution in [0.1, 0.15) is 0 Å². The Labute approximate surface area is 42.9 Å². The van der Waals surface area contributed by atoms with Crippen molar-refractivity contribution in [2.75, 3.05) is 0 Å². The molecule has 0 atom stereocenters. The zero-order valence-corrected chi connectivity index (χ0v) is 3.19. The standard InChI is InChI=1S/C2H4NO.Li/c1-2(3)4;/h1H2,(H2,3,4);/q-1;+1. The van der Waals surface area contributed by atoms with E-state index in [0.29, 0.717) is 0 Å². The average Bonchev–Trinajstić information content (AvgIpc) is 0.811. The van der Waals surface area contributed by atoms with Crippen LogP contribution < -0.4 is 24.6 Å². The van der Waals surface area contributed by atoms with Crippen LogP contribution in [0, 0.1) is 6.92 Å². The van der Waals surface area contributed by atoms with Gasteiger partial charge in [0.1, 0.15) is 0 Å². The molecule has 24 valence electrons. The quantitative estimate of drug-likeness (QED) is 0.229. The van der Waals surface area contributed by atoms with Gasteiger partial charge in [0.25, 0.3) is 0 Å². The summed E-state index contributed by atoms with van der Waals surface area (Å²) in [5.41, 5.74) is 4.36. The maximum absolute atomic E-state index is 9.11. The maximum Gasteiger partial charge on any atom is 1.00 e. The van der Waals surface area contributed by atoms with Crippen molar-refractivity contribution < 1.29 is 23.7 Å². The predicted octanol–water partition coefficient (Wildman–Crippen LogP) is -3.69. The molecule has 0 aliphatic rings. The fourth-order valence-electron chi connectivity index (χ4n) is 0. The zero-order valence-electron chi connectivity index (χ0n) is 3.19. The summed E-state index contributed by atoms with van der Waals surface area (Å²) >= 11 is 0. The predicted molar refractivity (Wildman–Crippen MR) is 14.6 cm³/mol. The molecule has 3 heteroatoms. The molecule has 1 amide bonds. The molecule has 0 heterocycles. The van der Waals surface area contributed by atoms with E-state index in [-0.39, 0.29) is 18.9 Å². The van der Waals surface area contributed by atoms with Crippen LogP contribution in [0.3, 0.4) is 0 Å². The minimum absolute atomic E-state index is 0. The smallest absolute Gasteiger partial charge is 0.395 e. The molecule has 5 heavy (non-hydrogen) atoms. The summed E-state index contributed by atoms with van der Waals surface area (Å²) in [7, 11) is 0. The molecular weight excluding hydrogens is 61.0 g/mol. The van der Waals surface area contributed by atoms with E-state index in [1.54, 1.807) is 0 Å². The van der Waals surface area contributed by atoms with Crippen LogP contribution in [0.15, 0.2) is 0 Å². The summed E-state index contributed by atoms with van der Waals surface area (Å²) in [6.45, 7) is 2.78. The molecule has 0 saturated heterocycles. The Morgan fingerprint density at radius 1 is 1.80 bits per heavy atom. The molecule has 0 rings (SSSR count). The molecule has 0 radical (unpaired) electrons. The molecule has 0 aliphatic heterocycles. The first kappa shape index (κ1) is 8.87. The van der Waals surface area contributed by atoms with E-state index in [1.807, 2.05) is 0 Å². The third-order valence-corrected chi connectivity index (χ3v) is 0. The summed E-state index contributed by atoms with van der Waals surface area (Å²) < 4.78 is 0. The Morgan fingerprint density at radius 2 is 1.80 bits per heavy atom. The second-order valence-electron chi connectivity index (χ2n) is 0.466. The fourth-order valence-corrected chi connectivity index (χ4v) is 0. The van der Waals surface area contributed by atoms with Gasteiger partial charge in [-0.25, -0.2) is 0 Å². The number of amides is 1. The van der Waals surface area contributed by atoms with Crippen LogP contribution in [0.5, 0.6) is 0 Å². The number of rotatable bonds is 0. The van der Waals surface area contributed by atoms with E-state index >= 15 is 0 Å². The number of carbonyl (C=O) groups is 1. The van der Waals surface area contributed by atoms with Crippen molar-refractivity contribution in [1.82, 2.24) is 0 Å². The van der Waals surface area contributed by atoms with Gasteiger partial charge in [-0.1, -0.05) is 0 Å². The number of primary amides is 1. The molecule has 0 saturated carbocycles. The Kier molecular flexibility index (Phi) is 6.99. The van der Waals surface area contributed by atoms with Gasteiger partial charge in [-0.15, -0.1) is 0 Å². The molecule has 0 aromatic rings. The number of hydrogen-bond donors (Lipinski definition) is 1. The molecule has 0 fully saturated rings. The zero-order chi connectivity index (χ0) is 3.58. The Hall–Kier alpha value is -0.0626. The first-order valence-electron chi connectivity index (χ1n) is 0.846. The topological polar surface area (TPSA) is 43.1 Å². The fraction of sp³-hybridized carbons (Fsp3) is 0. The van der Waals surface area contributed by atoms with Crippen LogP contribution in [-0.2, 0) is 4.79 Å². The van der Waals surface area contributed by atoms with Gasteiger partial charge in [-0.05, 0) is 0 Å². The van der Waals surface area contributed by atoms with Crippen molar-refractivity contribution in [2.45, 2.75) is 0 Å². The van der Waals surface area contributed by atoms with Crippen molar-refractivity contribution in [3.63, 3.8) is 0 Å². The van der Waals surface area contributed by atoms with E-state index in [0.717, 1.165) is 0 Å². The molecule has 0 unspecified atom stereocenters. The van der Waals surface area contributed by atoms with Crippen LogP contribution in [-0.4, -0.2) is 5.91 Å². The van der Waals surface area contributed by atoms with Gasteiger partial charge in [0, 0.05) is 0 Å². The minimum Gasteiger partial charge on any atom is -0.395 e. The Balaban J connectivity index is 0. The molecule has 0 aromatic heterocycles. The minimum atomic E-state index is -0.583. The van der Waals surface area contributed by atoms with Crippen molar-refractivity contribution in [3.8, 4) is 0 Å². The Bertz CT molecular complexity index is 32.6. The van der Waals surface area contributed by atoms with Gasteiger partial charge in [0.05, 0.1) is 5.91 Å². The summed E-state index contributed by atoms with van der Waals surface area (Å²) in [6, 6.07) is 0. The molecule has 0 aliphatic carbocycles. The van der Waals surface area contributed by atoms with Gasteiger partial charge in [-0.2, -0.15) is 0 Å². The number of nitrogens with two attached hydrogens (primary N) is 1. The van der Waals surface area contributed by atoms with E-state index < -0.39 is 5.91 Å². The van der Waals surface area contributed by atoms with Crippen molar-refractivity contribution >= 4 is 5.91 Å². The van der Waals surface area contributed by atoms with Gasteiger partial charge >= 0.3 is 18.9 Å². The summed E-state index contributed by atoms with van der Waals surface area (Å²) in [4.78, 5) is 9.11. The second-order valence-corrected chi connectivity index (χ2v) is 0.466. The summed E-state index contributed by atoms with van der Waals surface area (Å²) in [5, 5.41) is 0. The van der Waals surface area contributed by atoms with Crippen molar-refractivity contribution in [3.05, 3.63) is 6.92 Å². The monoisotopic (exact) mass is 65.0 g/mol. The van der Waals surface area contributed by atoms with E-state index in [4.69, 9.17) is 4.79 Å². The van der Waals surface area contributed by atoms with Crippen molar-refractivity contribution in [2.24, 2.45) is 5.73 Å². The number of carbonyl (C=O) groups excluding carboxylic acids is 1. The second kappa shape index (κ2) is 3.94. The molecule has 2 nitrogen and oxygen atoms in total. The third-order valence-electron chi connectivity index (χ3n) is 0. The van der Waals surface area contributed by atoms with E-state index in [9.17, 15) is 0 Å². The van der Waals surface area contributed by atoms with Gasteiger partial charge in [0.2, 0.25) is 0 Å². The average molecular weight is 65.0 g/mol. The molecular formula is C2H4LiNO. The first-order valence-corrected chi connectivity index (χ1v) is 0.846. The van der Waals surface area contributed by atoms with E-state index in [1.165, 1.54) is 0 Å². The Morgan fingerprint density at radius 3 is 1.80 bits per heavy atom. The largest absolute Gasteiger partial charge is 1.00 e. The van der Waals surface area contributed by atoms with Gasteiger partial charge < -0.3 is 17.5 Å². The van der Waals surface area contributed by atoms with Crippen LogP contribution in [0.4, 0.5) is 0 Å². The SMILES string of the molecule is [CH2-]C(N)=O.[Li+]. The first-order chi connectivity index (χ1) is 1.73. The molecule has 0 bridgehead atoms. The van der Waals surface area contributed by atoms with E-state index in [2.05, 4.69) is 12.7 Å². The van der Waals surface area contributed by atoms with Gasteiger partial charge in [-0.3, -0.25) is 0 Å². The molecule has 0 spiro atoms. The summed E-state index contributed by atoms with van der Waals surface area (Å²) in [6.07, 6.45) is 0. The van der Waals surface area contributed by atoms with Crippen molar-refractivity contribution in [1.29, 1.82) is 0 Å². The maximum atomic E-state index is 9.11.